The summed E-state index contributed by atoms with van der Waals surface area (Å²) in [5.41, 5.74) is 2.52. The van der Waals surface area contributed by atoms with Gasteiger partial charge in [-0.25, -0.2) is 22.8 Å². The van der Waals surface area contributed by atoms with E-state index in [1.54, 1.807) is 59.9 Å². The molecule has 0 spiro atoms. The highest BCUT2D eigenvalue weighted by Gasteiger charge is 2.31. The van der Waals surface area contributed by atoms with Gasteiger partial charge >= 0.3 is 0 Å². The maximum atomic E-state index is 12.1. The Morgan fingerprint density at radius 3 is 3.00 bits per heavy atom. The maximum absolute atomic E-state index is 12.1. The predicted molar refractivity (Wildman–Crippen MR) is 107 cm³/mol. The Kier molecular flexibility index (Phi) is 4.10. The number of hydrogen-bond donors (Lipinski definition) is 2. The summed E-state index contributed by atoms with van der Waals surface area (Å²) >= 11 is 1.59. The Morgan fingerprint density at radius 1 is 1.38 bits per heavy atom. The maximum Gasteiger partial charge on any atom is 0.241 e. The first-order valence-corrected chi connectivity index (χ1v) is 11.4. The molecule has 2 N–H and O–H groups in total. The second-order valence-electron chi connectivity index (χ2n) is 6.92. The molecule has 2 atom stereocenters. The molecule has 29 heavy (non-hydrogen) atoms. The molecule has 0 fully saturated rings. The molecule has 0 saturated carbocycles. The lowest BCUT2D eigenvalue weighted by atomic mass is 10.1. The third-order valence-corrected chi connectivity index (χ3v) is 7.96. The zero-order chi connectivity index (χ0) is 20.3. The summed E-state index contributed by atoms with van der Waals surface area (Å²) in [6.07, 6.45) is 4.95. The molecule has 150 valence electrons. The zero-order valence-electron chi connectivity index (χ0n) is 15.6. The minimum atomic E-state index is -3.46. The van der Waals surface area contributed by atoms with Crippen LogP contribution in [0.25, 0.3) is 10.5 Å². The van der Waals surface area contributed by atoms with Crippen molar-refractivity contribution < 1.29 is 13.5 Å². The summed E-state index contributed by atoms with van der Waals surface area (Å²) < 4.78 is 30.2. The summed E-state index contributed by atoms with van der Waals surface area (Å²) in [7, 11) is -3.46. The lowest BCUT2D eigenvalue weighted by molar-refractivity contribution is 0.208. The third kappa shape index (κ3) is 2.81. The van der Waals surface area contributed by atoms with Gasteiger partial charge in [0, 0.05) is 10.9 Å². The van der Waals surface area contributed by atoms with Crippen LogP contribution in [0.1, 0.15) is 47.8 Å². The van der Waals surface area contributed by atoms with E-state index < -0.39 is 16.1 Å². The highest BCUT2D eigenvalue weighted by molar-refractivity contribution is 7.89. The van der Waals surface area contributed by atoms with Crippen molar-refractivity contribution in [3.63, 3.8) is 0 Å². The monoisotopic (exact) mass is 430 g/mol. The molecule has 0 bridgehead atoms. The average Bonchev–Trinajstić information content (AvgIpc) is 3.44. The molecule has 5 rings (SSSR count). The topological polar surface area (TPSA) is 114 Å². The molecule has 1 aliphatic heterocycles. The van der Waals surface area contributed by atoms with Crippen LogP contribution in [0.2, 0.25) is 0 Å². The van der Waals surface area contributed by atoms with Crippen molar-refractivity contribution in [2.24, 2.45) is 0 Å². The number of rotatable bonds is 4. The van der Waals surface area contributed by atoms with Crippen molar-refractivity contribution in [3.8, 4) is 5.69 Å². The zero-order valence-corrected chi connectivity index (χ0v) is 17.3. The van der Waals surface area contributed by atoms with Crippen molar-refractivity contribution in [3.05, 3.63) is 58.7 Å². The number of aryl methyl sites for hydroxylation is 1. The van der Waals surface area contributed by atoms with Crippen molar-refractivity contribution in [2.75, 3.05) is 0 Å². The number of aliphatic hydroxyl groups excluding tert-OH is 1. The highest BCUT2D eigenvalue weighted by Crippen LogP contribution is 2.33. The first kappa shape index (κ1) is 18.4. The number of hydrogen-bond acceptors (Lipinski definition) is 7. The van der Waals surface area contributed by atoms with E-state index in [2.05, 4.69) is 20.0 Å². The fraction of sp³-hybridized carbons (Fsp3) is 0.278. The Morgan fingerprint density at radius 2 is 2.21 bits per heavy atom. The molecule has 0 saturated heterocycles. The summed E-state index contributed by atoms with van der Waals surface area (Å²) in [6.45, 7) is 3.84. The standard InChI is InChI=1S/C18H18N6O3S2/c1-3-14-17(23-9-19-7-16(23)28-14)18(25)13-8-24(22-20-13)11-4-5-15-12(6-11)10(2)21-29(15,26)27/h4-10,18,21,25H,3H2,1-2H3. The van der Waals surface area contributed by atoms with Gasteiger partial charge < -0.3 is 5.11 Å². The number of sulfonamides is 1. The summed E-state index contributed by atoms with van der Waals surface area (Å²) in [5.74, 6) is 0. The fourth-order valence-electron chi connectivity index (χ4n) is 3.68. The minimum absolute atomic E-state index is 0.280. The van der Waals surface area contributed by atoms with E-state index in [0.29, 0.717) is 16.9 Å². The summed E-state index contributed by atoms with van der Waals surface area (Å²) in [5, 5.41) is 19.3. The first-order valence-electron chi connectivity index (χ1n) is 9.09. The number of thiazole rings is 1. The van der Waals surface area contributed by atoms with Crippen molar-refractivity contribution >= 4 is 26.2 Å². The van der Waals surface area contributed by atoms with E-state index in [9.17, 15) is 13.5 Å². The van der Waals surface area contributed by atoms with Crippen LogP contribution in [-0.4, -0.2) is 37.9 Å². The SMILES string of the molecule is CCc1sc2cncn2c1C(O)c1cn(-c2ccc3c(c2)C(C)NS3(=O)=O)nn1. The molecule has 2 unspecified atom stereocenters. The molecule has 4 heterocycles. The first-order chi connectivity index (χ1) is 13.9. The Hall–Kier alpha value is -2.60. The highest BCUT2D eigenvalue weighted by atomic mass is 32.2. The minimum Gasteiger partial charge on any atom is -0.380 e. The van der Waals surface area contributed by atoms with Gasteiger partial charge in [-0.3, -0.25) is 4.40 Å². The number of benzene rings is 1. The Balaban J connectivity index is 1.53. The Bertz CT molecular complexity index is 1340. The predicted octanol–water partition coefficient (Wildman–Crippen LogP) is 1.97. The largest absolute Gasteiger partial charge is 0.380 e. The molecule has 4 aromatic rings. The third-order valence-electron chi connectivity index (χ3n) is 5.09. The molecular weight excluding hydrogens is 412 g/mol. The number of nitrogens with one attached hydrogen (secondary N) is 1. The molecule has 3 aromatic heterocycles. The van der Waals surface area contributed by atoms with Gasteiger partial charge in [-0.2, -0.15) is 0 Å². The normalized spacial score (nSPS) is 18.9. The van der Waals surface area contributed by atoms with Crippen LogP contribution in [0.15, 0.2) is 41.8 Å². The van der Waals surface area contributed by atoms with Gasteiger partial charge in [0.15, 0.2) is 0 Å². The van der Waals surface area contributed by atoms with Crippen LogP contribution in [0.3, 0.4) is 0 Å². The number of aliphatic hydroxyl groups is 1. The van der Waals surface area contributed by atoms with Gasteiger partial charge in [-0.1, -0.05) is 12.1 Å². The number of imidazole rings is 1. The van der Waals surface area contributed by atoms with Gasteiger partial charge in [-0.05, 0) is 37.1 Å². The van der Waals surface area contributed by atoms with Gasteiger partial charge in [0.25, 0.3) is 0 Å². The van der Waals surface area contributed by atoms with E-state index in [1.807, 2.05) is 11.3 Å². The van der Waals surface area contributed by atoms with Crippen LogP contribution < -0.4 is 4.72 Å². The molecule has 0 radical (unpaired) electrons. The van der Waals surface area contributed by atoms with Crippen LogP contribution in [0, 0.1) is 0 Å². The number of aromatic nitrogens is 5. The quantitative estimate of drug-likeness (QED) is 0.512. The summed E-state index contributed by atoms with van der Waals surface area (Å²) in [4.78, 5) is 6.45. The number of nitrogens with zero attached hydrogens (tertiary/aromatic N) is 5. The van der Waals surface area contributed by atoms with E-state index in [0.717, 1.165) is 21.8 Å². The van der Waals surface area contributed by atoms with Gasteiger partial charge in [0.2, 0.25) is 10.0 Å². The van der Waals surface area contributed by atoms with Crippen LogP contribution >= 0.6 is 11.3 Å². The molecule has 0 aliphatic carbocycles. The van der Waals surface area contributed by atoms with E-state index in [1.165, 1.54) is 0 Å². The lowest BCUT2D eigenvalue weighted by Crippen LogP contribution is -2.17. The molecule has 1 aliphatic rings. The number of fused-ring (bicyclic) bond motifs is 2. The average molecular weight is 431 g/mol. The molecule has 0 amide bonds. The van der Waals surface area contributed by atoms with Gasteiger partial charge in [-0.15, -0.1) is 16.4 Å². The van der Waals surface area contributed by atoms with E-state index in [4.69, 9.17) is 0 Å². The van der Waals surface area contributed by atoms with Crippen molar-refractivity contribution in [1.29, 1.82) is 0 Å². The van der Waals surface area contributed by atoms with Crippen molar-refractivity contribution in [1.82, 2.24) is 29.1 Å². The summed E-state index contributed by atoms with van der Waals surface area (Å²) in [6, 6.07) is 4.71. The van der Waals surface area contributed by atoms with E-state index >= 15 is 0 Å². The van der Waals surface area contributed by atoms with Crippen LogP contribution in [0.4, 0.5) is 0 Å². The van der Waals surface area contributed by atoms with E-state index in [-0.39, 0.29) is 10.9 Å². The lowest BCUT2D eigenvalue weighted by Gasteiger charge is -2.09. The van der Waals surface area contributed by atoms with Crippen molar-refractivity contribution in [2.45, 2.75) is 37.3 Å². The molecule has 9 nitrogen and oxygen atoms in total. The van der Waals surface area contributed by atoms with Crippen LogP contribution in [0.5, 0.6) is 0 Å². The van der Waals surface area contributed by atoms with Crippen LogP contribution in [-0.2, 0) is 16.4 Å². The second kappa shape index (κ2) is 6.46. The van der Waals surface area contributed by atoms with Gasteiger partial charge in [0.1, 0.15) is 23.0 Å². The molecule has 1 aromatic carbocycles. The fourth-order valence-corrected chi connectivity index (χ4v) is 6.26. The Labute approximate surface area is 170 Å². The smallest absolute Gasteiger partial charge is 0.241 e. The van der Waals surface area contributed by atoms with Gasteiger partial charge in [0.05, 0.1) is 28.7 Å². The second-order valence-corrected chi connectivity index (χ2v) is 9.72. The molecule has 11 heteroatoms. The molecular formula is C18H18N6O3S2.